The molecule has 0 bridgehead atoms. The minimum Gasteiger partial charge on any atom is -0.495 e. The molecule has 6 nitrogen and oxygen atoms in total. The van der Waals surface area contributed by atoms with Crippen LogP contribution in [0, 0.1) is 6.92 Å². The van der Waals surface area contributed by atoms with Crippen LogP contribution in [0.5, 0.6) is 5.75 Å². The average molecular weight is 331 g/mol. The maximum atomic E-state index is 12.1. The van der Waals surface area contributed by atoms with Gasteiger partial charge in [0.25, 0.3) is 5.56 Å². The summed E-state index contributed by atoms with van der Waals surface area (Å²) in [5, 5.41) is 12.4. The number of H-pyrrole nitrogens is 1. The minimum atomic E-state index is -0.252. The molecule has 0 amide bonds. The van der Waals surface area contributed by atoms with Crippen LogP contribution in [-0.2, 0) is 26.0 Å². The standard InChI is InChI=1S/C18H25N3O3/c1-5-12-8-14(18(23)21-16(12)10-22)19-9-15-17(24-4)7-11(3)13(6-2)20-15/h7-8,19,22H,5-6,9-10H2,1-4H3,(H,21,23). The van der Waals surface area contributed by atoms with Crippen LogP contribution in [0.15, 0.2) is 16.9 Å². The van der Waals surface area contributed by atoms with Gasteiger partial charge in [-0.05, 0) is 43.0 Å². The number of anilines is 1. The van der Waals surface area contributed by atoms with Gasteiger partial charge in [0.1, 0.15) is 17.1 Å². The van der Waals surface area contributed by atoms with Gasteiger partial charge in [-0.15, -0.1) is 0 Å². The molecule has 2 heterocycles. The van der Waals surface area contributed by atoms with Crippen LogP contribution in [0.1, 0.15) is 42.1 Å². The van der Waals surface area contributed by atoms with E-state index < -0.39 is 0 Å². The fourth-order valence-corrected chi connectivity index (χ4v) is 2.71. The molecule has 0 saturated heterocycles. The maximum Gasteiger partial charge on any atom is 0.271 e. The number of nitrogens with zero attached hydrogens (tertiary/aromatic N) is 1. The molecule has 2 aromatic heterocycles. The molecule has 130 valence electrons. The molecule has 0 unspecified atom stereocenters. The highest BCUT2D eigenvalue weighted by Gasteiger charge is 2.11. The number of hydrogen-bond acceptors (Lipinski definition) is 5. The predicted octanol–water partition coefficient (Wildman–Crippen LogP) is 2.32. The molecule has 0 atom stereocenters. The van der Waals surface area contributed by atoms with Crippen molar-refractivity contribution in [3.05, 3.63) is 50.7 Å². The molecular weight excluding hydrogens is 306 g/mol. The fraction of sp³-hybridized carbons (Fsp3) is 0.444. The van der Waals surface area contributed by atoms with E-state index in [0.29, 0.717) is 23.7 Å². The summed E-state index contributed by atoms with van der Waals surface area (Å²) in [6.45, 7) is 6.27. The Morgan fingerprint density at radius 2 is 2.00 bits per heavy atom. The molecule has 0 radical (unpaired) electrons. The zero-order valence-corrected chi connectivity index (χ0v) is 14.7. The topological polar surface area (TPSA) is 87.2 Å². The van der Waals surface area contributed by atoms with E-state index in [2.05, 4.69) is 22.2 Å². The monoisotopic (exact) mass is 331 g/mol. The summed E-state index contributed by atoms with van der Waals surface area (Å²) in [5.41, 5.74) is 4.57. The van der Waals surface area contributed by atoms with Crippen molar-refractivity contribution in [2.75, 3.05) is 12.4 Å². The molecule has 0 aliphatic heterocycles. The van der Waals surface area contributed by atoms with Crippen molar-refractivity contribution in [2.24, 2.45) is 0 Å². The van der Waals surface area contributed by atoms with Gasteiger partial charge in [0.15, 0.2) is 0 Å². The van der Waals surface area contributed by atoms with Crippen molar-refractivity contribution in [1.29, 1.82) is 0 Å². The number of aryl methyl sites for hydroxylation is 3. The number of aliphatic hydroxyl groups is 1. The van der Waals surface area contributed by atoms with Gasteiger partial charge in [0.2, 0.25) is 0 Å². The zero-order valence-electron chi connectivity index (χ0n) is 14.7. The van der Waals surface area contributed by atoms with E-state index in [1.807, 2.05) is 19.9 Å². The van der Waals surface area contributed by atoms with E-state index in [4.69, 9.17) is 4.74 Å². The SMILES string of the molecule is CCc1cc(NCc2nc(CC)c(C)cc2OC)c(=O)[nH]c1CO. The molecule has 24 heavy (non-hydrogen) atoms. The summed E-state index contributed by atoms with van der Waals surface area (Å²) >= 11 is 0. The second kappa shape index (κ2) is 7.97. The molecule has 0 aliphatic carbocycles. The molecular formula is C18H25N3O3. The van der Waals surface area contributed by atoms with E-state index in [-0.39, 0.29) is 12.2 Å². The summed E-state index contributed by atoms with van der Waals surface area (Å²) < 4.78 is 5.40. The van der Waals surface area contributed by atoms with Gasteiger partial charge in [-0.1, -0.05) is 13.8 Å². The van der Waals surface area contributed by atoms with Gasteiger partial charge in [-0.3, -0.25) is 9.78 Å². The average Bonchev–Trinajstić information content (AvgIpc) is 2.60. The summed E-state index contributed by atoms with van der Waals surface area (Å²) in [6, 6.07) is 3.76. The number of aromatic amines is 1. The third kappa shape index (κ3) is 3.76. The first-order valence-electron chi connectivity index (χ1n) is 8.17. The van der Waals surface area contributed by atoms with Gasteiger partial charge in [-0.2, -0.15) is 0 Å². The van der Waals surface area contributed by atoms with Crippen LogP contribution < -0.4 is 15.6 Å². The highest BCUT2D eigenvalue weighted by Crippen LogP contribution is 2.21. The molecule has 0 aliphatic rings. The van der Waals surface area contributed by atoms with Crippen molar-refractivity contribution in [3.63, 3.8) is 0 Å². The Morgan fingerprint density at radius 3 is 2.58 bits per heavy atom. The Labute approximate surface area is 141 Å². The van der Waals surface area contributed by atoms with Crippen LogP contribution in [-0.4, -0.2) is 22.2 Å². The lowest BCUT2D eigenvalue weighted by Gasteiger charge is -2.14. The number of hydrogen-bond donors (Lipinski definition) is 3. The highest BCUT2D eigenvalue weighted by molar-refractivity contribution is 5.46. The maximum absolute atomic E-state index is 12.1. The molecule has 6 heteroatoms. The molecule has 0 fully saturated rings. The summed E-state index contributed by atoms with van der Waals surface area (Å²) in [6.07, 6.45) is 1.57. The van der Waals surface area contributed by atoms with Gasteiger partial charge >= 0.3 is 0 Å². The smallest absolute Gasteiger partial charge is 0.271 e. The van der Waals surface area contributed by atoms with Crippen molar-refractivity contribution in [1.82, 2.24) is 9.97 Å². The predicted molar refractivity (Wildman–Crippen MR) is 94.6 cm³/mol. The number of methoxy groups -OCH3 is 1. The second-order valence-electron chi connectivity index (χ2n) is 5.64. The van der Waals surface area contributed by atoms with E-state index in [1.54, 1.807) is 13.2 Å². The third-order valence-electron chi connectivity index (χ3n) is 4.11. The van der Waals surface area contributed by atoms with Gasteiger partial charge in [-0.25, -0.2) is 0 Å². The largest absolute Gasteiger partial charge is 0.495 e. The normalized spacial score (nSPS) is 10.7. The fourth-order valence-electron chi connectivity index (χ4n) is 2.71. The zero-order chi connectivity index (χ0) is 17.7. The van der Waals surface area contributed by atoms with Crippen molar-refractivity contribution in [2.45, 2.75) is 46.8 Å². The molecule has 2 rings (SSSR count). The number of rotatable bonds is 7. The van der Waals surface area contributed by atoms with E-state index in [9.17, 15) is 9.90 Å². The van der Waals surface area contributed by atoms with Crippen LogP contribution in [0.25, 0.3) is 0 Å². The number of nitrogens with one attached hydrogen (secondary N) is 2. The Hall–Kier alpha value is -2.34. The highest BCUT2D eigenvalue weighted by atomic mass is 16.5. The number of aromatic nitrogens is 2. The van der Waals surface area contributed by atoms with E-state index in [1.165, 1.54) is 0 Å². The number of aliphatic hydroxyl groups excluding tert-OH is 1. The molecule has 2 aromatic rings. The van der Waals surface area contributed by atoms with Crippen LogP contribution >= 0.6 is 0 Å². The number of pyridine rings is 2. The first kappa shape index (κ1) is 18.0. The first-order chi connectivity index (χ1) is 11.5. The quantitative estimate of drug-likeness (QED) is 0.725. The summed E-state index contributed by atoms with van der Waals surface area (Å²) in [4.78, 5) is 19.5. The van der Waals surface area contributed by atoms with Crippen molar-refractivity contribution < 1.29 is 9.84 Å². The third-order valence-corrected chi connectivity index (χ3v) is 4.11. The Balaban J connectivity index is 2.29. The van der Waals surface area contributed by atoms with Crippen molar-refractivity contribution >= 4 is 5.69 Å². The van der Waals surface area contributed by atoms with Crippen LogP contribution in [0.2, 0.25) is 0 Å². The lowest BCUT2D eigenvalue weighted by molar-refractivity contribution is 0.275. The van der Waals surface area contributed by atoms with Gasteiger partial charge < -0.3 is 20.1 Å². The molecule has 0 saturated carbocycles. The van der Waals surface area contributed by atoms with Gasteiger partial charge in [0.05, 0.1) is 20.3 Å². The Morgan fingerprint density at radius 1 is 1.25 bits per heavy atom. The second-order valence-corrected chi connectivity index (χ2v) is 5.64. The van der Waals surface area contributed by atoms with Gasteiger partial charge in [0, 0.05) is 11.4 Å². The van der Waals surface area contributed by atoms with Crippen LogP contribution in [0.3, 0.4) is 0 Å². The first-order valence-corrected chi connectivity index (χ1v) is 8.17. The Kier molecular flexibility index (Phi) is 5.98. The minimum absolute atomic E-state index is 0.175. The van der Waals surface area contributed by atoms with E-state index >= 15 is 0 Å². The molecule has 3 N–H and O–H groups in total. The lowest BCUT2D eigenvalue weighted by Crippen LogP contribution is -2.18. The molecule has 0 spiro atoms. The lowest BCUT2D eigenvalue weighted by atomic mass is 10.1. The van der Waals surface area contributed by atoms with Crippen molar-refractivity contribution in [3.8, 4) is 5.75 Å². The van der Waals surface area contributed by atoms with Crippen LogP contribution in [0.4, 0.5) is 5.69 Å². The van der Waals surface area contributed by atoms with E-state index in [0.717, 1.165) is 35.4 Å². The Bertz CT molecular complexity index is 769. The molecule has 0 aromatic carbocycles. The summed E-state index contributed by atoms with van der Waals surface area (Å²) in [7, 11) is 1.61. The summed E-state index contributed by atoms with van der Waals surface area (Å²) in [5.74, 6) is 0.705. The number of ether oxygens (including phenoxy) is 1.